The number of aliphatic imine (C=N–C) groups is 1. The van der Waals surface area contributed by atoms with Gasteiger partial charge in [0.25, 0.3) is 10.2 Å². The van der Waals surface area contributed by atoms with Crippen molar-refractivity contribution in [3.05, 3.63) is 0 Å². The Morgan fingerprint density at radius 1 is 0.900 bits per heavy atom. The molecule has 0 aromatic heterocycles. The molecule has 0 radical (unpaired) electrons. The van der Waals surface area contributed by atoms with Crippen molar-refractivity contribution in [2.75, 3.05) is 19.6 Å². The van der Waals surface area contributed by atoms with Crippen LogP contribution in [0.1, 0.15) is 51.4 Å². The summed E-state index contributed by atoms with van der Waals surface area (Å²) >= 11 is 0. The summed E-state index contributed by atoms with van der Waals surface area (Å²) in [5.41, 5.74) is 0. The summed E-state index contributed by atoms with van der Waals surface area (Å²) in [6.45, 7) is 1.61. The quantitative estimate of drug-likeness (QED) is 0.588. The number of isocyanates is 1. The molecular formula is C13H23N3O3S. The summed E-state index contributed by atoms with van der Waals surface area (Å²) < 4.78 is 28.6. The number of hydrogen-bond donors (Lipinski definition) is 0. The molecule has 114 valence electrons. The molecule has 0 N–H and O–H groups in total. The van der Waals surface area contributed by atoms with Crippen molar-refractivity contribution >= 4 is 16.3 Å². The van der Waals surface area contributed by atoms with Gasteiger partial charge in [0.2, 0.25) is 6.08 Å². The van der Waals surface area contributed by atoms with Gasteiger partial charge in [0.15, 0.2) is 0 Å². The zero-order valence-corrected chi connectivity index (χ0v) is 12.6. The second kappa shape index (κ2) is 7.31. The van der Waals surface area contributed by atoms with Crippen LogP contribution < -0.4 is 0 Å². The molecule has 2 rings (SSSR count). The van der Waals surface area contributed by atoms with Crippen molar-refractivity contribution in [3.63, 3.8) is 0 Å². The lowest BCUT2D eigenvalue weighted by Gasteiger charge is -2.31. The van der Waals surface area contributed by atoms with Gasteiger partial charge in [0.05, 0.1) is 0 Å². The van der Waals surface area contributed by atoms with Crippen LogP contribution in [0.4, 0.5) is 0 Å². The number of nitrogens with zero attached hydrogens (tertiary/aromatic N) is 3. The Balaban J connectivity index is 2.21. The summed E-state index contributed by atoms with van der Waals surface area (Å²) in [6.07, 6.45) is 8.29. The Morgan fingerprint density at radius 2 is 1.50 bits per heavy atom. The van der Waals surface area contributed by atoms with Gasteiger partial charge in [0, 0.05) is 19.6 Å². The smallest absolute Gasteiger partial charge is 0.211 e. The molecule has 2 heterocycles. The molecule has 0 amide bonds. The monoisotopic (exact) mass is 301 g/mol. The molecule has 2 fully saturated rings. The Bertz CT molecular complexity index is 451. The van der Waals surface area contributed by atoms with Crippen LogP contribution in [0.25, 0.3) is 0 Å². The molecule has 2 aliphatic rings. The van der Waals surface area contributed by atoms with Crippen LogP contribution in [0.5, 0.6) is 0 Å². The van der Waals surface area contributed by atoms with E-state index in [0.29, 0.717) is 26.1 Å². The molecule has 6 nitrogen and oxygen atoms in total. The molecule has 0 saturated carbocycles. The molecule has 0 spiro atoms. The van der Waals surface area contributed by atoms with E-state index >= 15 is 0 Å². The molecule has 7 heteroatoms. The van der Waals surface area contributed by atoms with E-state index < -0.39 is 16.4 Å². The van der Waals surface area contributed by atoms with Crippen molar-refractivity contribution in [1.82, 2.24) is 8.61 Å². The topological polar surface area (TPSA) is 70.0 Å². The maximum Gasteiger partial charge on any atom is 0.283 e. The molecule has 1 atom stereocenters. The Kier molecular flexibility index (Phi) is 5.72. The van der Waals surface area contributed by atoms with Gasteiger partial charge in [-0.05, 0) is 32.1 Å². The minimum Gasteiger partial charge on any atom is -0.211 e. The van der Waals surface area contributed by atoms with Gasteiger partial charge in [-0.15, -0.1) is 0 Å². The predicted molar refractivity (Wildman–Crippen MR) is 76.0 cm³/mol. The fourth-order valence-electron chi connectivity index (χ4n) is 2.94. The van der Waals surface area contributed by atoms with Gasteiger partial charge in [-0.2, -0.15) is 22.0 Å². The average molecular weight is 301 g/mol. The second-order valence-corrected chi connectivity index (χ2v) is 7.36. The van der Waals surface area contributed by atoms with Gasteiger partial charge in [0.1, 0.15) is 6.17 Å². The Morgan fingerprint density at radius 3 is 2.15 bits per heavy atom. The van der Waals surface area contributed by atoms with Crippen LogP contribution in [-0.2, 0) is 15.0 Å². The first kappa shape index (κ1) is 15.6. The largest absolute Gasteiger partial charge is 0.283 e. The summed E-state index contributed by atoms with van der Waals surface area (Å²) in [5.74, 6) is 0. The summed E-state index contributed by atoms with van der Waals surface area (Å²) in [6, 6.07) is 0. The standard InChI is InChI=1S/C13H23N3O3S/c17-12-14-13-8-4-3-7-11-16(13)20(18,19)15-9-5-1-2-6-10-15/h13H,1-11H2. The van der Waals surface area contributed by atoms with Crippen LogP contribution in [0.2, 0.25) is 0 Å². The molecule has 0 aliphatic carbocycles. The van der Waals surface area contributed by atoms with Crippen LogP contribution in [0.3, 0.4) is 0 Å². The van der Waals surface area contributed by atoms with E-state index in [1.54, 1.807) is 4.31 Å². The van der Waals surface area contributed by atoms with E-state index in [4.69, 9.17) is 0 Å². The third-order valence-corrected chi connectivity index (χ3v) is 6.10. The molecule has 0 bridgehead atoms. The van der Waals surface area contributed by atoms with Crippen LogP contribution in [-0.4, -0.2) is 48.9 Å². The first-order valence-electron chi connectivity index (χ1n) is 7.50. The molecule has 2 saturated heterocycles. The van der Waals surface area contributed by atoms with Gasteiger partial charge >= 0.3 is 0 Å². The molecule has 0 aromatic carbocycles. The highest BCUT2D eigenvalue weighted by Gasteiger charge is 2.35. The Labute approximate surface area is 121 Å². The normalized spacial score (nSPS) is 27.3. The van der Waals surface area contributed by atoms with Crippen LogP contribution >= 0.6 is 0 Å². The van der Waals surface area contributed by atoms with Crippen LogP contribution in [0.15, 0.2) is 4.99 Å². The lowest BCUT2D eigenvalue weighted by atomic mass is 10.2. The average Bonchev–Trinajstić information content (AvgIpc) is 2.81. The SMILES string of the molecule is O=C=NC1CCCCCN1S(=O)(=O)N1CCCCCC1. The number of rotatable bonds is 3. The third kappa shape index (κ3) is 3.67. The lowest BCUT2D eigenvalue weighted by molar-refractivity contribution is 0.291. The third-order valence-electron chi connectivity index (χ3n) is 4.06. The van der Waals surface area contributed by atoms with E-state index in [9.17, 15) is 13.2 Å². The highest BCUT2D eigenvalue weighted by atomic mass is 32.2. The highest BCUT2D eigenvalue weighted by Crippen LogP contribution is 2.24. The molecule has 20 heavy (non-hydrogen) atoms. The van der Waals surface area contributed by atoms with E-state index in [-0.39, 0.29) is 0 Å². The highest BCUT2D eigenvalue weighted by molar-refractivity contribution is 7.86. The van der Waals surface area contributed by atoms with Crippen molar-refractivity contribution in [2.45, 2.75) is 57.5 Å². The van der Waals surface area contributed by atoms with E-state index in [2.05, 4.69) is 4.99 Å². The van der Waals surface area contributed by atoms with Gasteiger partial charge in [-0.25, -0.2) is 4.79 Å². The maximum absolute atomic E-state index is 12.8. The Hall–Kier alpha value is -0.750. The lowest BCUT2D eigenvalue weighted by Crippen LogP contribution is -2.48. The van der Waals surface area contributed by atoms with Gasteiger partial charge < -0.3 is 0 Å². The van der Waals surface area contributed by atoms with Crippen molar-refractivity contribution in [1.29, 1.82) is 0 Å². The van der Waals surface area contributed by atoms with E-state index in [1.807, 2.05) is 0 Å². The van der Waals surface area contributed by atoms with E-state index in [0.717, 1.165) is 44.9 Å². The molecule has 1 unspecified atom stereocenters. The van der Waals surface area contributed by atoms with Gasteiger partial charge in [-0.1, -0.05) is 19.3 Å². The summed E-state index contributed by atoms with van der Waals surface area (Å²) in [7, 11) is -3.51. The first-order valence-corrected chi connectivity index (χ1v) is 8.90. The maximum atomic E-state index is 12.8. The number of hydrogen-bond acceptors (Lipinski definition) is 4. The summed E-state index contributed by atoms with van der Waals surface area (Å²) in [4.78, 5) is 14.3. The van der Waals surface area contributed by atoms with E-state index in [1.165, 1.54) is 10.4 Å². The minimum atomic E-state index is -3.51. The second-order valence-electron chi connectivity index (χ2n) is 5.48. The van der Waals surface area contributed by atoms with Crippen molar-refractivity contribution in [3.8, 4) is 0 Å². The zero-order chi connectivity index (χ0) is 14.4. The summed E-state index contributed by atoms with van der Waals surface area (Å²) in [5, 5.41) is 0. The van der Waals surface area contributed by atoms with Crippen molar-refractivity contribution in [2.24, 2.45) is 4.99 Å². The molecule has 2 aliphatic heterocycles. The van der Waals surface area contributed by atoms with Crippen LogP contribution in [0, 0.1) is 0 Å². The minimum absolute atomic E-state index is 0.453. The van der Waals surface area contributed by atoms with Gasteiger partial charge in [-0.3, -0.25) is 0 Å². The molecule has 0 aromatic rings. The fraction of sp³-hybridized carbons (Fsp3) is 0.923. The first-order chi connectivity index (χ1) is 9.66. The zero-order valence-electron chi connectivity index (χ0n) is 11.8. The molecular weight excluding hydrogens is 278 g/mol. The number of carbonyl (C=O) groups excluding carboxylic acids is 1. The predicted octanol–water partition coefficient (Wildman–Crippen LogP) is 1.65. The van der Waals surface area contributed by atoms with Crippen molar-refractivity contribution < 1.29 is 13.2 Å². The fourth-order valence-corrected chi connectivity index (χ4v) is 4.78.